The van der Waals surface area contributed by atoms with E-state index in [1.165, 1.54) is 6.42 Å². The fourth-order valence-electron chi connectivity index (χ4n) is 2.36. The summed E-state index contributed by atoms with van der Waals surface area (Å²) in [6.45, 7) is 7.55. The highest BCUT2D eigenvalue weighted by molar-refractivity contribution is 6.43. The van der Waals surface area contributed by atoms with Crippen LogP contribution in [0.4, 0.5) is 5.69 Å². The predicted molar refractivity (Wildman–Crippen MR) is 79.9 cm³/mol. The molecule has 1 atom stereocenters. The highest BCUT2D eigenvalue weighted by Gasteiger charge is 2.24. The molecule has 1 aliphatic rings. The lowest BCUT2D eigenvalue weighted by Crippen LogP contribution is -2.30. The lowest BCUT2D eigenvalue weighted by Gasteiger charge is -2.21. The van der Waals surface area contributed by atoms with Crippen LogP contribution >= 0.6 is 23.2 Å². The molecule has 4 heteroatoms. The summed E-state index contributed by atoms with van der Waals surface area (Å²) in [5.41, 5.74) is 1.07. The summed E-state index contributed by atoms with van der Waals surface area (Å²) in [7, 11) is 0. The molecule has 0 amide bonds. The normalized spacial score (nSPS) is 19.8. The van der Waals surface area contributed by atoms with Crippen LogP contribution in [0.2, 0.25) is 10.0 Å². The van der Waals surface area contributed by atoms with Crippen molar-refractivity contribution in [3.8, 4) is 0 Å². The number of anilines is 1. The van der Waals surface area contributed by atoms with Crippen LogP contribution in [-0.2, 0) is 0 Å². The van der Waals surface area contributed by atoms with Crippen molar-refractivity contribution in [2.45, 2.75) is 26.3 Å². The second-order valence-corrected chi connectivity index (χ2v) is 6.02. The van der Waals surface area contributed by atoms with Crippen LogP contribution in [0, 0.1) is 5.92 Å². The molecule has 18 heavy (non-hydrogen) atoms. The second-order valence-electron chi connectivity index (χ2n) is 5.24. The van der Waals surface area contributed by atoms with E-state index >= 15 is 0 Å². The van der Waals surface area contributed by atoms with Gasteiger partial charge in [0.25, 0.3) is 0 Å². The summed E-state index contributed by atoms with van der Waals surface area (Å²) in [5, 5.41) is 4.81. The number of hydrogen-bond donors (Lipinski definition) is 1. The minimum Gasteiger partial charge on any atom is -0.370 e. The summed E-state index contributed by atoms with van der Waals surface area (Å²) in [5.74, 6) is 0.697. The van der Waals surface area contributed by atoms with Crippen LogP contribution in [-0.4, -0.2) is 25.7 Å². The van der Waals surface area contributed by atoms with Gasteiger partial charge in [0, 0.05) is 19.1 Å². The van der Waals surface area contributed by atoms with E-state index in [4.69, 9.17) is 23.2 Å². The number of benzene rings is 1. The van der Waals surface area contributed by atoms with Crippen molar-refractivity contribution >= 4 is 28.9 Å². The van der Waals surface area contributed by atoms with Crippen molar-refractivity contribution in [2.24, 2.45) is 5.92 Å². The first kappa shape index (κ1) is 14.0. The average Bonchev–Trinajstić information content (AvgIpc) is 2.78. The van der Waals surface area contributed by atoms with Gasteiger partial charge in [-0.05, 0) is 31.0 Å². The Morgan fingerprint density at radius 3 is 2.89 bits per heavy atom. The Morgan fingerprint density at radius 1 is 1.39 bits per heavy atom. The molecular formula is C14H20Cl2N2. The minimum atomic E-state index is 0.550. The fraction of sp³-hybridized carbons (Fsp3) is 0.571. The Hall–Kier alpha value is -0.440. The topological polar surface area (TPSA) is 15.3 Å². The Bertz CT molecular complexity index is 407. The average molecular weight is 287 g/mol. The highest BCUT2D eigenvalue weighted by atomic mass is 35.5. The molecule has 1 fully saturated rings. The number of rotatable bonds is 4. The maximum absolute atomic E-state index is 6.26. The van der Waals surface area contributed by atoms with Crippen molar-refractivity contribution < 1.29 is 0 Å². The van der Waals surface area contributed by atoms with Crippen LogP contribution in [0.3, 0.4) is 0 Å². The molecule has 1 saturated heterocycles. The lowest BCUT2D eigenvalue weighted by atomic mass is 10.1. The number of nitrogens with one attached hydrogen (secondary N) is 1. The van der Waals surface area contributed by atoms with Gasteiger partial charge in [-0.3, -0.25) is 0 Å². The van der Waals surface area contributed by atoms with Crippen LogP contribution < -0.4 is 10.2 Å². The van der Waals surface area contributed by atoms with Gasteiger partial charge in [0.15, 0.2) is 0 Å². The van der Waals surface area contributed by atoms with Gasteiger partial charge in [0.1, 0.15) is 0 Å². The summed E-state index contributed by atoms with van der Waals surface area (Å²) in [6, 6.07) is 6.39. The summed E-state index contributed by atoms with van der Waals surface area (Å²) >= 11 is 12.3. The molecule has 0 aromatic heterocycles. The van der Waals surface area contributed by atoms with Crippen molar-refractivity contribution in [3.63, 3.8) is 0 Å². The van der Waals surface area contributed by atoms with E-state index in [1.807, 2.05) is 18.2 Å². The molecule has 0 saturated carbocycles. The molecule has 1 heterocycles. The molecule has 1 aromatic carbocycles. The van der Waals surface area contributed by atoms with Gasteiger partial charge < -0.3 is 10.2 Å². The van der Waals surface area contributed by atoms with Crippen LogP contribution in [0.25, 0.3) is 0 Å². The van der Waals surface area contributed by atoms with E-state index in [9.17, 15) is 0 Å². The molecule has 2 nitrogen and oxygen atoms in total. The van der Waals surface area contributed by atoms with Crippen LogP contribution in [0.5, 0.6) is 0 Å². The van der Waals surface area contributed by atoms with Crippen molar-refractivity contribution in [3.05, 3.63) is 28.2 Å². The van der Waals surface area contributed by atoms with Gasteiger partial charge in [-0.2, -0.15) is 0 Å². The third-order valence-corrected chi connectivity index (χ3v) is 4.18. The first-order chi connectivity index (χ1) is 8.58. The number of hydrogen-bond acceptors (Lipinski definition) is 2. The highest BCUT2D eigenvalue weighted by Crippen LogP contribution is 2.34. The zero-order valence-corrected chi connectivity index (χ0v) is 12.4. The van der Waals surface area contributed by atoms with Gasteiger partial charge in [-0.25, -0.2) is 0 Å². The molecule has 0 bridgehead atoms. The standard InChI is InChI=1S/C14H20Cl2N2/c1-10(2)17-8-11-6-7-18(9-11)13-5-3-4-12(15)14(13)16/h3-5,10-11,17H,6-9H2,1-2H3. The Labute approximate surface area is 119 Å². The minimum absolute atomic E-state index is 0.550. The number of nitrogens with zero attached hydrogens (tertiary/aromatic N) is 1. The van der Waals surface area contributed by atoms with Crippen LogP contribution in [0.15, 0.2) is 18.2 Å². The quantitative estimate of drug-likeness (QED) is 0.905. The smallest absolute Gasteiger partial charge is 0.0825 e. The third kappa shape index (κ3) is 3.31. The first-order valence-electron chi connectivity index (χ1n) is 6.50. The predicted octanol–water partition coefficient (Wildman–Crippen LogP) is 3.82. The molecule has 0 aliphatic carbocycles. The summed E-state index contributed by atoms with van der Waals surface area (Å²) < 4.78 is 0. The van der Waals surface area contributed by atoms with Crippen LogP contribution in [0.1, 0.15) is 20.3 Å². The van der Waals surface area contributed by atoms with E-state index in [-0.39, 0.29) is 0 Å². The molecule has 1 unspecified atom stereocenters. The molecule has 1 aliphatic heterocycles. The molecule has 1 aromatic rings. The molecular weight excluding hydrogens is 267 g/mol. The van der Waals surface area contributed by atoms with Crippen molar-refractivity contribution in [2.75, 3.05) is 24.5 Å². The van der Waals surface area contributed by atoms with Gasteiger partial charge in [-0.15, -0.1) is 0 Å². The van der Waals surface area contributed by atoms with Gasteiger partial charge >= 0.3 is 0 Å². The Kier molecular flexibility index (Phi) is 4.77. The zero-order chi connectivity index (χ0) is 13.1. The first-order valence-corrected chi connectivity index (χ1v) is 7.26. The van der Waals surface area contributed by atoms with Gasteiger partial charge in [-0.1, -0.05) is 43.1 Å². The number of halogens is 2. The van der Waals surface area contributed by atoms with Crippen molar-refractivity contribution in [1.82, 2.24) is 5.32 Å². The molecule has 100 valence electrons. The zero-order valence-electron chi connectivity index (χ0n) is 10.9. The van der Waals surface area contributed by atoms with E-state index in [0.29, 0.717) is 22.0 Å². The molecule has 0 spiro atoms. The summed E-state index contributed by atoms with van der Waals surface area (Å²) in [4.78, 5) is 2.33. The molecule has 0 radical (unpaired) electrons. The fourth-order valence-corrected chi connectivity index (χ4v) is 2.77. The van der Waals surface area contributed by atoms with E-state index in [0.717, 1.165) is 25.3 Å². The monoisotopic (exact) mass is 286 g/mol. The van der Waals surface area contributed by atoms with Gasteiger partial charge in [0.05, 0.1) is 15.7 Å². The SMILES string of the molecule is CC(C)NCC1CCN(c2cccc(Cl)c2Cl)C1. The summed E-state index contributed by atoms with van der Waals surface area (Å²) in [6.07, 6.45) is 1.21. The molecule has 1 N–H and O–H groups in total. The van der Waals surface area contributed by atoms with E-state index < -0.39 is 0 Å². The second kappa shape index (κ2) is 6.14. The van der Waals surface area contributed by atoms with E-state index in [1.54, 1.807) is 0 Å². The Morgan fingerprint density at radius 2 is 2.17 bits per heavy atom. The molecule has 2 rings (SSSR count). The van der Waals surface area contributed by atoms with Crippen molar-refractivity contribution in [1.29, 1.82) is 0 Å². The third-order valence-electron chi connectivity index (χ3n) is 3.37. The largest absolute Gasteiger partial charge is 0.370 e. The Balaban J connectivity index is 1.98. The van der Waals surface area contributed by atoms with Gasteiger partial charge in [0.2, 0.25) is 0 Å². The van der Waals surface area contributed by atoms with E-state index in [2.05, 4.69) is 24.1 Å². The lowest BCUT2D eigenvalue weighted by molar-refractivity contribution is 0.480. The maximum atomic E-state index is 6.26. The maximum Gasteiger partial charge on any atom is 0.0825 e.